The van der Waals surface area contributed by atoms with Gasteiger partial charge in [0.15, 0.2) is 5.96 Å². The molecular formula is C8H9BN3. The first-order valence-electron chi connectivity index (χ1n) is 3.75. The maximum absolute atomic E-state index is 5.53. The second kappa shape index (κ2) is 2.27. The summed E-state index contributed by atoms with van der Waals surface area (Å²) in [6, 6.07) is 0. The quantitative estimate of drug-likeness (QED) is 0.496. The van der Waals surface area contributed by atoms with Crippen molar-refractivity contribution < 1.29 is 0 Å². The second-order valence-corrected chi connectivity index (χ2v) is 2.88. The van der Waals surface area contributed by atoms with Crippen LogP contribution in [0.4, 0.5) is 0 Å². The van der Waals surface area contributed by atoms with Crippen molar-refractivity contribution >= 4 is 13.2 Å². The number of guanidine groups is 1. The molecule has 4 heteroatoms. The van der Waals surface area contributed by atoms with Crippen molar-refractivity contribution in [2.24, 2.45) is 10.7 Å². The monoisotopic (exact) mass is 158 g/mol. The second-order valence-electron chi connectivity index (χ2n) is 2.88. The first-order valence-corrected chi connectivity index (χ1v) is 3.75. The van der Waals surface area contributed by atoms with Gasteiger partial charge in [0.2, 0.25) is 7.28 Å². The zero-order valence-electron chi connectivity index (χ0n) is 6.89. The lowest BCUT2D eigenvalue weighted by Gasteiger charge is -2.17. The average Bonchev–Trinajstić information content (AvgIpc) is 2.31. The Kier molecular flexibility index (Phi) is 1.36. The minimum atomic E-state index is 0.415. The van der Waals surface area contributed by atoms with E-state index in [9.17, 15) is 0 Å². The molecule has 0 amide bonds. The van der Waals surface area contributed by atoms with E-state index < -0.39 is 0 Å². The van der Waals surface area contributed by atoms with Crippen LogP contribution in [-0.2, 0) is 0 Å². The molecule has 0 aliphatic carbocycles. The molecule has 0 aromatic carbocycles. The van der Waals surface area contributed by atoms with Gasteiger partial charge in [-0.1, -0.05) is 12.2 Å². The lowest BCUT2D eigenvalue weighted by atomic mass is 9.77. The molecule has 0 bridgehead atoms. The average molecular weight is 158 g/mol. The molecule has 0 fully saturated rings. The topological polar surface area (TPSA) is 50.4 Å². The molecule has 2 aliphatic heterocycles. The van der Waals surface area contributed by atoms with Crippen LogP contribution in [0.3, 0.4) is 0 Å². The fourth-order valence-electron chi connectivity index (χ4n) is 1.43. The molecular weight excluding hydrogens is 149 g/mol. The molecule has 0 spiro atoms. The number of nitrogens with zero attached hydrogens (tertiary/aromatic N) is 1. The third kappa shape index (κ3) is 0.880. The highest BCUT2D eigenvalue weighted by Crippen LogP contribution is 2.27. The number of nitrogens with one attached hydrogen (secondary N) is 1. The van der Waals surface area contributed by atoms with Crippen LogP contribution >= 0.6 is 0 Å². The van der Waals surface area contributed by atoms with Gasteiger partial charge in [-0.3, -0.25) is 0 Å². The lowest BCUT2D eigenvalue weighted by molar-refractivity contribution is 1.06. The zero-order chi connectivity index (χ0) is 8.72. The van der Waals surface area contributed by atoms with Crippen LogP contribution in [0.25, 0.3) is 0 Å². The Morgan fingerprint density at radius 2 is 2.42 bits per heavy atom. The van der Waals surface area contributed by atoms with Gasteiger partial charge in [0.1, 0.15) is 0 Å². The third-order valence-electron chi connectivity index (χ3n) is 1.96. The van der Waals surface area contributed by atoms with E-state index >= 15 is 0 Å². The van der Waals surface area contributed by atoms with Crippen LogP contribution in [0.15, 0.2) is 40.0 Å². The molecule has 12 heavy (non-hydrogen) atoms. The van der Waals surface area contributed by atoms with Crippen molar-refractivity contribution in [3.8, 4) is 0 Å². The van der Waals surface area contributed by atoms with Gasteiger partial charge in [0.05, 0.1) is 0 Å². The third-order valence-corrected chi connectivity index (χ3v) is 1.96. The number of aliphatic imine (C=N–C) groups is 1. The number of nitrogens with two attached hydrogens (primary N) is 1. The van der Waals surface area contributed by atoms with E-state index in [0.29, 0.717) is 5.96 Å². The summed E-state index contributed by atoms with van der Waals surface area (Å²) >= 11 is 0. The molecule has 2 aliphatic rings. The fourth-order valence-corrected chi connectivity index (χ4v) is 1.43. The lowest BCUT2D eigenvalue weighted by Crippen LogP contribution is -2.34. The van der Waals surface area contributed by atoms with Crippen LogP contribution < -0.4 is 11.1 Å². The molecule has 2 rings (SSSR count). The summed E-state index contributed by atoms with van der Waals surface area (Å²) in [6.45, 7) is 5.90. The summed E-state index contributed by atoms with van der Waals surface area (Å²) < 4.78 is 0. The van der Waals surface area contributed by atoms with E-state index in [1.165, 1.54) is 5.57 Å². The molecule has 59 valence electrons. The normalized spacial score (nSPS) is 20.9. The molecule has 0 aromatic rings. The van der Waals surface area contributed by atoms with Crippen molar-refractivity contribution in [3.63, 3.8) is 0 Å². The Morgan fingerprint density at radius 1 is 1.67 bits per heavy atom. The minimum Gasteiger partial charge on any atom is -0.369 e. The van der Waals surface area contributed by atoms with Crippen LogP contribution in [0.5, 0.6) is 0 Å². The van der Waals surface area contributed by atoms with E-state index in [4.69, 9.17) is 5.73 Å². The Balaban J connectivity index is 2.49. The summed E-state index contributed by atoms with van der Waals surface area (Å²) in [5.41, 5.74) is 9.52. The molecule has 1 radical (unpaired) electrons. The molecule has 0 unspecified atom stereocenters. The number of allylic oxidation sites excluding steroid dienone is 1. The van der Waals surface area contributed by atoms with Gasteiger partial charge in [0.25, 0.3) is 0 Å². The molecule has 2 heterocycles. The molecule has 0 atom stereocenters. The summed E-state index contributed by atoms with van der Waals surface area (Å²) in [6.07, 6.45) is 0. The number of hydrogen-bond donors (Lipinski definition) is 2. The predicted molar refractivity (Wildman–Crippen MR) is 50.4 cm³/mol. The Bertz CT molecular complexity index is 349. The van der Waals surface area contributed by atoms with Gasteiger partial charge in [-0.05, 0) is 6.92 Å². The maximum Gasteiger partial charge on any atom is 0.208 e. The van der Waals surface area contributed by atoms with Crippen LogP contribution in [-0.4, -0.2) is 13.2 Å². The van der Waals surface area contributed by atoms with Gasteiger partial charge < -0.3 is 11.1 Å². The van der Waals surface area contributed by atoms with E-state index in [0.717, 1.165) is 16.9 Å². The highest BCUT2D eigenvalue weighted by Gasteiger charge is 2.21. The summed E-state index contributed by atoms with van der Waals surface area (Å²) in [7, 11) is 1.95. The Labute approximate surface area is 72.0 Å². The highest BCUT2D eigenvalue weighted by atomic mass is 15.1. The number of rotatable bonds is 0. The van der Waals surface area contributed by atoms with Crippen molar-refractivity contribution in [3.05, 3.63) is 35.0 Å². The van der Waals surface area contributed by atoms with Crippen LogP contribution in [0.2, 0.25) is 0 Å². The number of hydrogen-bond acceptors (Lipinski definition) is 3. The fraction of sp³-hybridized carbons (Fsp3) is 0.125. The van der Waals surface area contributed by atoms with E-state index in [2.05, 4.69) is 16.9 Å². The van der Waals surface area contributed by atoms with Gasteiger partial charge in [0, 0.05) is 16.9 Å². The first-order chi connectivity index (χ1) is 5.68. The molecule has 0 saturated heterocycles. The van der Waals surface area contributed by atoms with Crippen LogP contribution in [0.1, 0.15) is 6.92 Å². The standard InChI is InChI=1S/C8H9BN3/c1-4-3-9-7-6(4)5(2)11-8(10)12-7/h3H,2H2,1H3,(H3,10,11,12). The van der Waals surface area contributed by atoms with Crippen molar-refractivity contribution in [1.82, 2.24) is 5.32 Å². The van der Waals surface area contributed by atoms with Crippen molar-refractivity contribution in [2.75, 3.05) is 0 Å². The SMILES string of the molecule is C=C1NC(N)=NC2=C1C(C)=C[B]2. The molecule has 3 N–H and O–H groups in total. The van der Waals surface area contributed by atoms with E-state index in [-0.39, 0.29) is 0 Å². The van der Waals surface area contributed by atoms with Gasteiger partial charge in [-0.15, -0.1) is 5.98 Å². The van der Waals surface area contributed by atoms with E-state index in [1.54, 1.807) is 0 Å². The minimum absolute atomic E-state index is 0.415. The predicted octanol–water partition coefficient (Wildman–Crippen LogP) is 0.251. The Morgan fingerprint density at radius 3 is 3.17 bits per heavy atom. The largest absolute Gasteiger partial charge is 0.369 e. The first kappa shape index (κ1) is 7.22. The van der Waals surface area contributed by atoms with Gasteiger partial charge in [-0.2, -0.15) is 0 Å². The summed E-state index contributed by atoms with van der Waals surface area (Å²) in [5.74, 6) is 2.43. The van der Waals surface area contributed by atoms with Gasteiger partial charge >= 0.3 is 0 Å². The van der Waals surface area contributed by atoms with Crippen LogP contribution in [0, 0.1) is 0 Å². The molecule has 0 saturated carbocycles. The Hall–Kier alpha value is -1.45. The van der Waals surface area contributed by atoms with Crippen molar-refractivity contribution in [2.45, 2.75) is 6.92 Å². The van der Waals surface area contributed by atoms with E-state index in [1.807, 2.05) is 20.2 Å². The summed E-state index contributed by atoms with van der Waals surface area (Å²) in [4.78, 5) is 4.14. The summed E-state index contributed by atoms with van der Waals surface area (Å²) in [5, 5.41) is 2.90. The van der Waals surface area contributed by atoms with Crippen molar-refractivity contribution in [1.29, 1.82) is 0 Å². The zero-order valence-corrected chi connectivity index (χ0v) is 6.89. The maximum atomic E-state index is 5.53. The highest BCUT2D eigenvalue weighted by molar-refractivity contribution is 6.53. The smallest absolute Gasteiger partial charge is 0.208 e. The van der Waals surface area contributed by atoms with Gasteiger partial charge in [-0.25, -0.2) is 4.99 Å². The molecule has 0 aromatic heterocycles. The molecule has 3 nitrogen and oxygen atoms in total.